The van der Waals surface area contributed by atoms with Crippen LogP contribution in [-0.4, -0.2) is 56.2 Å². The Morgan fingerprint density at radius 1 is 1.06 bits per heavy atom. The summed E-state index contributed by atoms with van der Waals surface area (Å²) >= 11 is 0. The van der Waals surface area contributed by atoms with Gasteiger partial charge < -0.3 is 9.64 Å². The van der Waals surface area contributed by atoms with Crippen molar-refractivity contribution in [1.29, 1.82) is 0 Å². The lowest BCUT2D eigenvalue weighted by Crippen LogP contribution is -2.33. The van der Waals surface area contributed by atoms with Crippen molar-refractivity contribution < 1.29 is 30.3 Å². The fourth-order valence-corrected chi connectivity index (χ4v) is 3.41. The molecule has 2 aromatic carbocycles. The van der Waals surface area contributed by atoms with Crippen molar-refractivity contribution in [3.05, 3.63) is 66.9 Å². The quantitative estimate of drug-likeness (QED) is 0.398. The molecule has 0 fully saturated rings. The summed E-state index contributed by atoms with van der Waals surface area (Å²) in [6, 6.07) is 18.1. The molecule has 1 N–H and O–H groups in total. The Morgan fingerprint density at radius 3 is 2.29 bits per heavy atom. The molecule has 1 amide bonds. The summed E-state index contributed by atoms with van der Waals surface area (Å²) in [6.07, 6.45) is -7.91. The molecule has 1 aromatic heterocycles. The topological polar surface area (TPSA) is 101 Å². The number of ether oxygens (including phenoxy) is 1. The highest BCUT2D eigenvalue weighted by atomic mass is 32.2. The monoisotopic (exact) mass is 505 g/mol. The summed E-state index contributed by atoms with van der Waals surface area (Å²) in [5.74, 6) is -1.76. The van der Waals surface area contributed by atoms with Gasteiger partial charge in [-0.1, -0.05) is 60.7 Å². The standard InChI is InChI=1S/C26H32N4O4S/c1-20(2)30(16-10-11-17-34-19-24(31)29-35(3,32)33)23-18-27-25(21-12-6-4-7-13-21)26(28-23)22-14-8-5-9-15-22/h4-9,12-15,18,20H,10-11,16-17,19H2,1-3H3,(H,29,31)/i3D3,10D2,11D2,19D2. The number of aromatic nitrogens is 2. The van der Waals surface area contributed by atoms with Crippen molar-refractivity contribution >= 4 is 21.7 Å². The van der Waals surface area contributed by atoms with E-state index in [0.717, 1.165) is 15.8 Å². The molecular formula is C26H32N4O4S. The van der Waals surface area contributed by atoms with Crippen molar-refractivity contribution in [3.63, 3.8) is 0 Å². The molecule has 8 nitrogen and oxygen atoms in total. The second-order valence-electron chi connectivity index (χ2n) is 7.56. The first-order valence-corrected chi connectivity index (χ1v) is 12.1. The third-order valence-electron chi connectivity index (χ3n) is 4.68. The van der Waals surface area contributed by atoms with Crippen LogP contribution in [0.15, 0.2) is 66.9 Å². The second kappa shape index (κ2) is 12.4. The molecule has 0 aliphatic carbocycles. The molecule has 3 aromatic rings. The van der Waals surface area contributed by atoms with E-state index in [-0.39, 0.29) is 5.82 Å². The maximum absolute atomic E-state index is 12.1. The number of nitrogens with zero attached hydrogens (tertiary/aromatic N) is 3. The number of carbonyl (C=O) groups is 1. The molecule has 1 heterocycles. The number of nitrogens with one attached hydrogen (secondary N) is 1. The molecule has 0 saturated heterocycles. The van der Waals surface area contributed by atoms with Gasteiger partial charge in [0.1, 0.15) is 12.4 Å². The van der Waals surface area contributed by atoms with Crippen LogP contribution in [0.4, 0.5) is 5.82 Å². The largest absolute Gasteiger partial charge is 0.372 e. The third kappa shape index (κ3) is 8.15. The van der Waals surface area contributed by atoms with Gasteiger partial charge in [-0.3, -0.25) is 14.5 Å². The Kier molecular flexibility index (Phi) is 5.81. The van der Waals surface area contributed by atoms with E-state index in [1.54, 1.807) is 13.8 Å². The van der Waals surface area contributed by atoms with Crippen LogP contribution >= 0.6 is 0 Å². The van der Waals surface area contributed by atoms with E-state index in [1.807, 2.05) is 60.7 Å². The summed E-state index contributed by atoms with van der Waals surface area (Å²) in [4.78, 5) is 23.1. The van der Waals surface area contributed by atoms with Crippen molar-refractivity contribution in [3.8, 4) is 22.5 Å². The van der Waals surface area contributed by atoms with E-state index in [9.17, 15) is 13.2 Å². The molecule has 0 bridgehead atoms. The van der Waals surface area contributed by atoms with Gasteiger partial charge in [-0.2, -0.15) is 0 Å². The molecule has 0 atom stereocenters. The fraction of sp³-hybridized carbons (Fsp3) is 0.346. The molecule has 0 spiro atoms. The van der Waals surface area contributed by atoms with Gasteiger partial charge in [-0.25, -0.2) is 13.4 Å². The Hall–Kier alpha value is -3.30. The van der Waals surface area contributed by atoms with Crippen LogP contribution in [0.3, 0.4) is 0 Å². The van der Waals surface area contributed by atoms with E-state index in [1.165, 1.54) is 11.1 Å². The highest BCUT2D eigenvalue weighted by molar-refractivity contribution is 7.89. The molecule has 0 saturated carbocycles. The molecule has 35 heavy (non-hydrogen) atoms. The van der Waals surface area contributed by atoms with Crippen molar-refractivity contribution in [2.75, 3.05) is 30.8 Å². The molecule has 0 unspecified atom stereocenters. The minimum absolute atomic E-state index is 0.240. The third-order valence-corrected chi connectivity index (χ3v) is 5.14. The molecule has 0 aliphatic heterocycles. The zero-order valence-electron chi connectivity index (χ0n) is 28.2. The number of hydrogen-bond donors (Lipinski definition) is 1. The maximum Gasteiger partial charge on any atom is 0.259 e. The number of amides is 1. The summed E-state index contributed by atoms with van der Waals surface area (Å²) < 4.78 is 99.3. The number of sulfonamides is 1. The van der Waals surface area contributed by atoms with Crippen LogP contribution in [0.2, 0.25) is 0 Å². The number of hydrogen-bond acceptors (Lipinski definition) is 7. The Bertz CT molecular complexity index is 1560. The Labute approximate surface area is 220 Å². The first kappa shape index (κ1) is 16.4. The van der Waals surface area contributed by atoms with E-state index in [4.69, 9.17) is 22.1 Å². The fourth-order valence-electron chi connectivity index (χ4n) is 3.12. The Morgan fingerprint density at radius 2 is 1.69 bits per heavy atom. The zero-order chi connectivity index (χ0) is 33.1. The molecule has 0 radical (unpaired) electrons. The van der Waals surface area contributed by atoms with E-state index in [2.05, 4.69) is 4.98 Å². The first-order chi connectivity index (χ1) is 20.2. The van der Waals surface area contributed by atoms with Gasteiger partial charge in [-0.15, -0.1) is 0 Å². The van der Waals surface area contributed by atoms with Crippen molar-refractivity contribution in [1.82, 2.24) is 14.7 Å². The normalized spacial score (nSPS) is 16.8. The van der Waals surface area contributed by atoms with Crippen LogP contribution in [0.25, 0.3) is 22.5 Å². The van der Waals surface area contributed by atoms with Gasteiger partial charge in [0.05, 0.1) is 26.5 Å². The predicted molar refractivity (Wildman–Crippen MR) is 138 cm³/mol. The molecule has 0 aliphatic rings. The first-order valence-electron chi connectivity index (χ1n) is 15.1. The van der Waals surface area contributed by atoms with Gasteiger partial charge in [0, 0.05) is 39.9 Å². The average molecular weight is 506 g/mol. The SMILES string of the molecule is [2H]C([2H])(OCC([2H])([2H])C([2H])([2H])CN(c1cnc(-c2ccccc2)c(-c2ccccc2)n1)C(C)C)C(=O)NS(=O)(=O)C([2H])([2H])[2H]. The van der Waals surface area contributed by atoms with Gasteiger partial charge in [0.15, 0.2) is 0 Å². The van der Waals surface area contributed by atoms with Gasteiger partial charge >= 0.3 is 0 Å². The molecule has 186 valence electrons. The second-order valence-corrected chi connectivity index (χ2v) is 8.77. The highest BCUT2D eigenvalue weighted by Gasteiger charge is 2.17. The number of benzene rings is 2. The summed E-state index contributed by atoms with van der Waals surface area (Å²) in [5, 5.41) is 0. The van der Waals surface area contributed by atoms with Gasteiger partial charge in [0.2, 0.25) is 10.0 Å². The van der Waals surface area contributed by atoms with E-state index in [0.29, 0.717) is 11.4 Å². The lowest BCUT2D eigenvalue weighted by Gasteiger charge is -2.28. The smallest absolute Gasteiger partial charge is 0.259 e. The predicted octanol–water partition coefficient (Wildman–Crippen LogP) is 3.90. The highest BCUT2D eigenvalue weighted by Crippen LogP contribution is 2.30. The zero-order valence-corrected chi connectivity index (χ0v) is 20.0. The number of carbonyl (C=O) groups excluding carboxylic acids is 1. The molecule has 3 rings (SSSR count). The van der Waals surface area contributed by atoms with Gasteiger partial charge in [-0.05, 0) is 26.6 Å². The molecule has 9 heteroatoms. The minimum Gasteiger partial charge on any atom is -0.372 e. The van der Waals surface area contributed by atoms with Crippen molar-refractivity contribution in [2.24, 2.45) is 0 Å². The van der Waals surface area contributed by atoms with Crippen LogP contribution < -0.4 is 9.62 Å². The number of anilines is 1. The minimum atomic E-state index is -5.27. The summed E-state index contributed by atoms with van der Waals surface area (Å²) in [5.41, 5.74) is 2.64. The molecular weight excluding hydrogens is 464 g/mol. The van der Waals surface area contributed by atoms with E-state index >= 15 is 0 Å². The van der Waals surface area contributed by atoms with Crippen molar-refractivity contribution in [2.45, 2.75) is 32.6 Å². The van der Waals surface area contributed by atoms with Crippen LogP contribution in [0.1, 0.15) is 38.9 Å². The summed E-state index contributed by atoms with van der Waals surface area (Å²) in [6.45, 7) is -1.95. The lowest BCUT2D eigenvalue weighted by atomic mass is 10.0. The van der Waals surface area contributed by atoms with Crippen LogP contribution in [0, 0.1) is 0 Å². The maximum atomic E-state index is 12.1. The van der Waals surface area contributed by atoms with Crippen LogP contribution in [0.5, 0.6) is 0 Å². The number of rotatable bonds is 12. The average Bonchev–Trinajstić information content (AvgIpc) is 2.94. The van der Waals surface area contributed by atoms with Gasteiger partial charge in [0.25, 0.3) is 5.91 Å². The lowest BCUT2D eigenvalue weighted by molar-refractivity contribution is -0.123. The summed E-state index contributed by atoms with van der Waals surface area (Å²) in [7, 11) is -5.27. The van der Waals surface area contributed by atoms with E-state index < -0.39 is 60.6 Å². The van der Waals surface area contributed by atoms with Crippen LogP contribution in [-0.2, 0) is 19.6 Å². The Balaban J connectivity index is 1.88.